The van der Waals surface area contributed by atoms with E-state index in [-0.39, 0.29) is 24.6 Å². The van der Waals surface area contributed by atoms with Crippen molar-refractivity contribution < 1.29 is 24.0 Å². The summed E-state index contributed by atoms with van der Waals surface area (Å²) in [6.45, 7) is 0.232. The first-order valence-electron chi connectivity index (χ1n) is 11.4. The number of esters is 1. The fraction of sp³-hybridized carbons (Fsp3) is 0.100. The van der Waals surface area contributed by atoms with Gasteiger partial charge in [-0.3, -0.25) is 4.79 Å². The minimum absolute atomic E-state index is 0.139. The Morgan fingerprint density at radius 2 is 1.51 bits per heavy atom. The number of carboxylic acid groups (broad SMARTS) is 1. The van der Waals surface area contributed by atoms with Crippen molar-refractivity contribution in [3.05, 3.63) is 114 Å². The van der Waals surface area contributed by atoms with Crippen LogP contribution >= 0.6 is 0 Å². The molecule has 0 N–H and O–H groups in total. The fourth-order valence-electron chi connectivity index (χ4n) is 4.47. The Morgan fingerprint density at radius 1 is 0.800 bits per heavy atom. The quantitative estimate of drug-likeness (QED) is 0.217. The van der Waals surface area contributed by atoms with E-state index < -0.39 is 5.97 Å². The Hall–Kier alpha value is -4.51. The molecule has 1 aromatic heterocycles. The van der Waals surface area contributed by atoms with Gasteiger partial charge < -0.3 is 14.6 Å². The number of para-hydroxylation sites is 1. The maximum atomic E-state index is 12.3. The van der Waals surface area contributed by atoms with E-state index in [9.17, 15) is 14.7 Å². The minimum atomic E-state index is -1.23. The molecule has 0 unspecified atom stereocenters. The number of hydrogen-bond donors (Lipinski definition) is 0. The Morgan fingerprint density at radius 3 is 2.26 bits per heavy atom. The predicted octanol–water partition coefficient (Wildman–Crippen LogP) is 4.13. The third-order valence-corrected chi connectivity index (χ3v) is 6.24. The van der Waals surface area contributed by atoms with E-state index in [4.69, 9.17) is 4.74 Å². The molecule has 0 aliphatic carbocycles. The molecule has 172 valence electrons. The van der Waals surface area contributed by atoms with Crippen molar-refractivity contribution in [2.45, 2.75) is 13.0 Å². The van der Waals surface area contributed by atoms with E-state index in [1.807, 2.05) is 109 Å². The van der Waals surface area contributed by atoms with Crippen molar-refractivity contribution in [3.63, 3.8) is 0 Å². The first-order valence-corrected chi connectivity index (χ1v) is 11.4. The van der Waals surface area contributed by atoms with E-state index in [2.05, 4.69) is 0 Å². The Balaban J connectivity index is 1.44. The topological polar surface area (TPSA) is 70.3 Å². The molecule has 0 radical (unpaired) electrons. The van der Waals surface area contributed by atoms with Crippen LogP contribution in [0.25, 0.3) is 32.9 Å². The smallest absolute Gasteiger partial charge is 0.310 e. The van der Waals surface area contributed by atoms with Crippen molar-refractivity contribution in [2.24, 2.45) is 7.05 Å². The van der Waals surface area contributed by atoms with Gasteiger partial charge in [-0.25, -0.2) is 0 Å². The van der Waals surface area contributed by atoms with Crippen LogP contribution in [0.5, 0.6) is 0 Å². The Labute approximate surface area is 202 Å². The molecule has 0 saturated heterocycles. The van der Waals surface area contributed by atoms with Crippen LogP contribution in [0.2, 0.25) is 0 Å². The molecule has 0 bridgehead atoms. The van der Waals surface area contributed by atoms with Gasteiger partial charge in [0.2, 0.25) is 11.0 Å². The van der Waals surface area contributed by atoms with Crippen molar-refractivity contribution >= 4 is 33.7 Å². The lowest BCUT2D eigenvalue weighted by atomic mass is 9.94. The van der Waals surface area contributed by atoms with Crippen LogP contribution in [0, 0.1) is 0 Å². The average molecular weight is 462 g/mol. The zero-order chi connectivity index (χ0) is 24.4. The highest BCUT2D eigenvalue weighted by molar-refractivity contribution is 6.09. The van der Waals surface area contributed by atoms with Gasteiger partial charge in [0, 0.05) is 23.1 Å². The molecule has 1 heterocycles. The summed E-state index contributed by atoms with van der Waals surface area (Å²) in [7, 11) is 1.93. The number of aryl methyl sites for hydroxylation is 1. The number of carbonyl (C=O) groups is 2. The number of benzene rings is 4. The van der Waals surface area contributed by atoms with E-state index in [0.29, 0.717) is 10.9 Å². The number of ether oxygens (including phenoxy) is 1. The summed E-state index contributed by atoms with van der Waals surface area (Å²) >= 11 is 0. The minimum Gasteiger partial charge on any atom is -0.545 e. The number of aromatic nitrogens is 1. The maximum Gasteiger partial charge on any atom is 0.310 e. The molecule has 0 fully saturated rings. The van der Waals surface area contributed by atoms with Crippen molar-refractivity contribution in [1.82, 2.24) is 0 Å². The first-order chi connectivity index (χ1) is 17.0. The monoisotopic (exact) mass is 461 g/mol. The maximum absolute atomic E-state index is 12.3. The van der Waals surface area contributed by atoms with E-state index >= 15 is 0 Å². The molecular formula is C30H23NO4. The summed E-state index contributed by atoms with van der Waals surface area (Å²) in [6.07, 6.45) is 0.139. The molecule has 0 amide bonds. The van der Waals surface area contributed by atoms with Gasteiger partial charge in [0.05, 0.1) is 17.8 Å². The first kappa shape index (κ1) is 22.3. The van der Waals surface area contributed by atoms with Gasteiger partial charge in [-0.2, -0.15) is 4.57 Å². The average Bonchev–Trinajstić information content (AvgIpc) is 2.88. The summed E-state index contributed by atoms with van der Waals surface area (Å²) in [5.41, 5.74) is 5.02. The lowest BCUT2D eigenvalue weighted by Gasteiger charge is -2.14. The van der Waals surface area contributed by atoms with Gasteiger partial charge in [0.15, 0.2) is 0 Å². The standard InChI is InChI=1S/C30H23NO4/c1-31-26-10-6-5-9-23(26)18-25-27(31)16-15-24(29(25)30(33)34)22-13-11-20(12-14-22)17-28(32)35-19-21-7-3-2-4-8-21/h2-16,18H,17,19H2,1H3. The number of fused-ring (bicyclic) bond motifs is 2. The highest BCUT2D eigenvalue weighted by Crippen LogP contribution is 2.31. The van der Waals surface area contributed by atoms with Gasteiger partial charge in [-0.05, 0) is 40.5 Å². The predicted molar refractivity (Wildman–Crippen MR) is 132 cm³/mol. The van der Waals surface area contributed by atoms with Crippen LogP contribution in [0.4, 0.5) is 0 Å². The molecular weight excluding hydrogens is 438 g/mol. The molecule has 0 aliphatic rings. The van der Waals surface area contributed by atoms with Crippen LogP contribution in [0.1, 0.15) is 21.5 Å². The molecule has 5 rings (SSSR count). The second-order valence-corrected chi connectivity index (χ2v) is 8.49. The van der Waals surface area contributed by atoms with E-state index in [0.717, 1.165) is 33.1 Å². The largest absolute Gasteiger partial charge is 0.545 e. The molecule has 0 saturated carbocycles. The van der Waals surface area contributed by atoms with E-state index in [1.165, 1.54) is 0 Å². The van der Waals surface area contributed by atoms with Crippen LogP contribution in [0.15, 0.2) is 97.1 Å². The summed E-state index contributed by atoms with van der Waals surface area (Å²) in [5.74, 6) is -1.54. The van der Waals surface area contributed by atoms with Crippen LogP contribution in [-0.2, 0) is 29.6 Å². The second-order valence-electron chi connectivity index (χ2n) is 8.49. The Bertz CT molecular complexity index is 1560. The number of carbonyl (C=O) groups excluding carboxylic acids is 2. The summed E-state index contributed by atoms with van der Waals surface area (Å²) in [5, 5.41) is 13.8. The third-order valence-electron chi connectivity index (χ3n) is 6.24. The summed E-state index contributed by atoms with van der Waals surface area (Å²) in [4.78, 5) is 24.5. The van der Waals surface area contributed by atoms with Gasteiger partial charge in [-0.15, -0.1) is 0 Å². The number of rotatable bonds is 6. The SMILES string of the molecule is C[n+]1c2ccccc2cc2c(C(=O)[O-])c(-c3ccc(CC(=O)OCc4ccccc4)cc3)ccc21. The highest BCUT2D eigenvalue weighted by atomic mass is 16.5. The zero-order valence-corrected chi connectivity index (χ0v) is 19.2. The van der Waals surface area contributed by atoms with Crippen LogP contribution in [-0.4, -0.2) is 11.9 Å². The molecule has 35 heavy (non-hydrogen) atoms. The van der Waals surface area contributed by atoms with Crippen molar-refractivity contribution in [3.8, 4) is 11.1 Å². The fourth-order valence-corrected chi connectivity index (χ4v) is 4.47. The number of aromatic carboxylic acids is 1. The van der Waals surface area contributed by atoms with Crippen LogP contribution in [0.3, 0.4) is 0 Å². The van der Waals surface area contributed by atoms with Gasteiger partial charge in [-0.1, -0.05) is 66.7 Å². The zero-order valence-electron chi connectivity index (χ0n) is 19.2. The molecule has 0 aliphatic heterocycles. The number of pyridine rings is 1. The third kappa shape index (κ3) is 4.49. The molecule has 5 nitrogen and oxygen atoms in total. The highest BCUT2D eigenvalue weighted by Gasteiger charge is 2.18. The van der Waals surface area contributed by atoms with E-state index in [1.54, 1.807) is 0 Å². The lowest BCUT2D eigenvalue weighted by Crippen LogP contribution is -2.31. The van der Waals surface area contributed by atoms with Gasteiger partial charge in [0.25, 0.3) is 0 Å². The molecule has 0 spiro atoms. The molecule has 5 aromatic rings. The van der Waals surface area contributed by atoms with Crippen LogP contribution < -0.4 is 9.67 Å². The van der Waals surface area contributed by atoms with Gasteiger partial charge >= 0.3 is 5.97 Å². The number of carboxylic acids is 1. The van der Waals surface area contributed by atoms with Crippen molar-refractivity contribution in [2.75, 3.05) is 0 Å². The molecule has 5 heteroatoms. The number of nitrogens with zero attached hydrogens (tertiary/aromatic N) is 1. The number of hydrogen-bond acceptors (Lipinski definition) is 4. The summed E-state index contributed by atoms with van der Waals surface area (Å²) < 4.78 is 7.36. The van der Waals surface area contributed by atoms with Crippen molar-refractivity contribution in [1.29, 1.82) is 0 Å². The normalized spacial score (nSPS) is 11.0. The van der Waals surface area contributed by atoms with Gasteiger partial charge in [0.1, 0.15) is 13.7 Å². The second kappa shape index (κ2) is 9.39. The summed E-state index contributed by atoms with van der Waals surface area (Å²) in [6, 6.07) is 30.3. The Kier molecular flexibility index (Phi) is 5.98. The molecule has 0 atom stereocenters. The molecule has 4 aromatic carbocycles. The lowest BCUT2D eigenvalue weighted by molar-refractivity contribution is -0.617.